The summed E-state index contributed by atoms with van der Waals surface area (Å²) in [4.78, 5) is 9.63. The van der Waals surface area contributed by atoms with Crippen molar-refractivity contribution in [3.8, 4) is 0 Å². The molecule has 0 aliphatic carbocycles. The highest BCUT2D eigenvalue weighted by Crippen LogP contribution is 2.16. The topological polar surface area (TPSA) is 49.3 Å². The summed E-state index contributed by atoms with van der Waals surface area (Å²) in [5.74, 6) is -1.09. The van der Waals surface area contributed by atoms with Gasteiger partial charge in [0.2, 0.25) is 0 Å². The average Bonchev–Trinajstić information content (AvgIpc) is 2.94. The molecule has 0 bridgehead atoms. The molecule has 1 aromatic heterocycles. The van der Waals surface area contributed by atoms with Crippen LogP contribution in [0.3, 0.4) is 0 Å². The molecule has 0 spiro atoms. The first-order chi connectivity index (χ1) is 11.0. The van der Waals surface area contributed by atoms with E-state index in [1.54, 1.807) is 24.5 Å². The molecule has 0 aliphatic rings. The van der Waals surface area contributed by atoms with Crippen LogP contribution in [0.1, 0.15) is 28.4 Å². The van der Waals surface area contributed by atoms with Gasteiger partial charge in [-0.25, -0.2) is 13.8 Å². The standard InChI is InChI=1S/C16H20F2N4S/c1-10-9-21-15(23-10)6-7-20-16(19-3)22-11(2)12-4-5-13(17)14(18)8-12/h4-5,8-9,11H,6-7H2,1-3H3,(H2,19,20,22). The summed E-state index contributed by atoms with van der Waals surface area (Å²) in [7, 11) is 1.67. The zero-order valence-corrected chi connectivity index (χ0v) is 14.2. The molecule has 1 unspecified atom stereocenters. The normalized spacial score (nSPS) is 13.0. The van der Waals surface area contributed by atoms with Gasteiger partial charge in [-0.15, -0.1) is 11.3 Å². The highest BCUT2D eigenvalue weighted by molar-refractivity contribution is 7.11. The van der Waals surface area contributed by atoms with Crippen LogP contribution in [0.5, 0.6) is 0 Å². The van der Waals surface area contributed by atoms with E-state index in [4.69, 9.17) is 0 Å². The molecular weight excluding hydrogens is 318 g/mol. The van der Waals surface area contributed by atoms with Gasteiger partial charge in [0, 0.05) is 31.1 Å². The van der Waals surface area contributed by atoms with E-state index in [1.807, 2.05) is 20.0 Å². The summed E-state index contributed by atoms with van der Waals surface area (Å²) in [6.07, 6.45) is 2.66. The lowest BCUT2D eigenvalue weighted by Gasteiger charge is -2.18. The molecule has 0 radical (unpaired) electrons. The van der Waals surface area contributed by atoms with Gasteiger partial charge in [-0.2, -0.15) is 0 Å². The van der Waals surface area contributed by atoms with Crippen molar-refractivity contribution in [3.63, 3.8) is 0 Å². The van der Waals surface area contributed by atoms with Crippen LogP contribution in [0.15, 0.2) is 29.4 Å². The number of guanidine groups is 1. The number of aliphatic imine (C=N–C) groups is 1. The van der Waals surface area contributed by atoms with E-state index in [1.165, 1.54) is 10.9 Å². The molecule has 7 heteroatoms. The second kappa shape index (κ2) is 8.01. The Kier molecular flexibility index (Phi) is 6.04. The maximum absolute atomic E-state index is 13.3. The first-order valence-electron chi connectivity index (χ1n) is 7.33. The summed E-state index contributed by atoms with van der Waals surface area (Å²) in [6, 6.07) is 3.68. The number of hydrogen-bond acceptors (Lipinski definition) is 3. The SMILES string of the molecule is CN=C(NCCc1ncc(C)s1)NC(C)c1ccc(F)c(F)c1. The smallest absolute Gasteiger partial charge is 0.191 e. The Balaban J connectivity index is 1.87. The van der Waals surface area contributed by atoms with Crippen molar-refractivity contribution in [2.75, 3.05) is 13.6 Å². The fourth-order valence-corrected chi connectivity index (χ4v) is 2.86. The van der Waals surface area contributed by atoms with Crippen LogP contribution < -0.4 is 10.6 Å². The van der Waals surface area contributed by atoms with Crippen molar-refractivity contribution in [3.05, 3.63) is 51.5 Å². The van der Waals surface area contributed by atoms with Crippen molar-refractivity contribution in [1.29, 1.82) is 0 Å². The zero-order valence-electron chi connectivity index (χ0n) is 13.4. The van der Waals surface area contributed by atoms with Gasteiger partial charge in [0.1, 0.15) is 0 Å². The summed E-state index contributed by atoms with van der Waals surface area (Å²) >= 11 is 1.67. The molecule has 0 saturated carbocycles. The van der Waals surface area contributed by atoms with Crippen LogP contribution in [-0.2, 0) is 6.42 Å². The van der Waals surface area contributed by atoms with Crippen molar-refractivity contribution in [1.82, 2.24) is 15.6 Å². The fraction of sp³-hybridized carbons (Fsp3) is 0.375. The van der Waals surface area contributed by atoms with Crippen molar-refractivity contribution in [2.24, 2.45) is 4.99 Å². The Hall–Kier alpha value is -2.02. The minimum absolute atomic E-state index is 0.196. The summed E-state index contributed by atoms with van der Waals surface area (Å²) < 4.78 is 26.3. The molecule has 1 aromatic carbocycles. The lowest BCUT2D eigenvalue weighted by Crippen LogP contribution is -2.39. The van der Waals surface area contributed by atoms with E-state index >= 15 is 0 Å². The minimum Gasteiger partial charge on any atom is -0.356 e. The summed E-state index contributed by atoms with van der Waals surface area (Å²) in [6.45, 7) is 4.58. The van der Waals surface area contributed by atoms with E-state index in [0.29, 0.717) is 18.1 Å². The van der Waals surface area contributed by atoms with Gasteiger partial charge in [0.05, 0.1) is 11.0 Å². The fourth-order valence-electron chi connectivity index (χ4n) is 2.07. The summed E-state index contributed by atoms with van der Waals surface area (Å²) in [5.41, 5.74) is 0.655. The number of aryl methyl sites for hydroxylation is 1. The van der Waals surface area contributed by atoms with Gasteiger partial charge >= 0.3 is 0 Å². The van der Waals surface area contributed by atoms with Crippen molar-refractivity contribution >= 4 is 17.3 Å². The monoisotopic (exact) mass is 338 g/mol. The molecule has 2 N–H and O–H groups in total. The van der Waals surface area contributed by atoms with Crippen LogP contribution in [-0.4, -0.2) is 24.5 Å². The largest absolute Gasteiger partial charge is 0.356 e. The Morgan fingerprint density at radius 3 is 2.74 bits per heavy atom. The van der Waals surface area contributed by atoms with E-state index in [0.717, 1.165) is 17.5 Å². The third kappa shape index (κ3) is 4.99. The molecule has 0 fully saturated rings. The molecule has 0 aliphatic heterocycles. The van der Waals surface area contributed by atoms with Crippen LogP contribution in [0.2, 0.25) is 0 Å². The van der Waals surface area contributed by atoms with Gasteiger partial charge in [-0.3, -0.25) is 4.99 Å². The van der Waals surface area contributed by atoms with Crippen molar-refractivity contribution in [2.45, 2.75) is 26.3 Å². The molecule has 124 valence electrons. The quantitative estimate of drug-likeness (QED) is 0.650. The highest BCUT2D eigenvalue weighted by Gasteiger charge is 2.11. The Bertz CT molecular complexity index is 684. The van der Waals surface area contributed by atoms with E-state index in [-0.39, 0.29) is 6.04 Å². The number of nitrogens with zero attached hydrogens (tertiary/aromatic N) is 2. The number of thiazole rings is 1. The van der Waals surface area contributed by atoms with Crippen molar-refractivity contribution < 1.29 is 8.78 Å². The van der Waals surface area contributed by atoms with E-state index in [9.17, 15) is 8.78 Å². The van der Waals surface area contributed by atoms with Crippen LogP contribution in [0.4, 0.5) is 8.78 Å². The molecule has 0 amide bonds. The van der Waals surface area contributed by atoms with Crippen LogP contribution in [0, 0.1) is 18.6 Å². The van der Waals surface area contributed by atoms with E-state index in [2.05, 4.69) is 20.6 Å². The maximum Gasteiger partial charge on any atom is 0.191 e. The number of rotatable bonds is 5. The number of hydrogen-bond donors (Lipinski definition) is 2. The first kappa shape index (κ1) is 17.3. The predicted molar refractivity (Wildman–Crippen MR) is 89.8 cm³/mol. The molecule has 23 heavy (non-hydrogen) atoms. The Labute approximate surface area is 138 Å². The molecule has 1 atom stereocenters. The summed E-state index contributed by atoms with van der Waals surface area (Å²) in [5, 5.41) is 7.41. The average molecular weight is 338 g/mol. The van der Waals surface area contributed by atoms with Gasteiger partial charge < -0.3 is 10.6 Å². The highest BCUT2D eigenvalue weighted by atomic mass is 32.1. The molecular formula is C16H20F2N4S. The second-order valence-electron chi connectivity index (χ2n) is 5.15. The number of benzene rings is 1. The number of nitrogens with one attached hydrogen (secondary N) is 2. The number of aromatic nitrogens is 1. The van der Waals surface area contributed by atoms with Crippen LogP contribution >= 0.6 is 11.3 Å². The molecule has 4 nitrogen and oxygen atoms in total. The number of halogens is 2. The molecule has 2 aromatic rings. The zero-order chi connectivity index (χ0) is 16.8. The lowest BCUT2D eigenvalue weighted by atomic mass is 10.1. The third-order valence-electron chi connectivity index (χ3n) is 3.32. The molecule has 0 saturated heterocycles. The third-order valence-corrected chi connectivity index (χ3v) is 4.29. The Morgan fingerprint density at radius 1 is 1.35 bits per heavy atom. The predicted octanol–water partition coefficient (Wildman–Crippen LogP) is 3.20. The molecule has 1 heterocycles. The first-order valence-corrected chi connectivity index (χ1v) is 8.14. The molecule has 2 rings (SSSR count). The van der Waals surface area contributed by atoms with E-state index < -0.39 is 11.6 Å². The van der Waals surface area contributed by atoms with Gasteiger partial charge in [0.25, 0.3) is 0 Å². The van der Waals surface area contributed by atoms with Crippen LogP contribution in [0.25, 0.3) is 0 Å². The van der Waals surface area contributed by atoms with Gasteiger partial charge in [-0.05, 0) is 31.5 Å². The second-order valence-corrected chi connectivity index (χ2v) is 6.47. The minimum atomic E-state index is -0.849. The maximum atomic E-state index is 13.3. The van der Waals surface area contributed by atoms with Gasteiger partial charge in [0.15, 0.2) is 17.6 Å². The lowest BCUT2D eigenvalue weighted by molar-refractivity contribution is 0.504. The Morgan fingerprint density at radius 2 is 2.13 bits per heavy atom. The van der Waals surface area contributed by atoms with Gasteiger partial charge in [-0.1, -0.05) is 6.07 Å².